The first-order valence-electron chi connectivity index (χ1n) is 5.55. The van der Waals surface area contributed by atoms with E-state index in [2.05, 4.69) is 11.9 Å². The minimum Gasteiger partial charge on any atom is -0.306 e. The molecule has 80 valence electrons. The Balaban J connectivity index is 2.24. The van der Waals surface area contributed by atoms with Crippen LogP contribution in [0.3, 0.4) is 0 Å². The molecule has 0 unspecified atom stereocenters. The van der Waals surface area contributed by atoms with Crippen molar-refractivity contribution in [1.29, 1.82) is 0 Å². The van der Waals surface area contributed by atoms with E-state index in [4.69, 9.17) is 0 Å². The van der Waals surface area contributed by atoms with Crippen LogP contribution in [0, 0.1) is 0 Å². The molecule has 1 saturated heterocycles. The standard InChI is InChI=1S/C13H17NO/c1-14-9-7-11(8-10-14)12-5-3-2-4-6-13(12)15/h2-6,11H,7-10H2,1H3. The molecule has 1 fully saturated rings. The van der Waals surface area contributed by atoms with Crippen molar-refractivity contribution in [2.45, 2.75) is 18.8 Å². The number of nitrogens with zero attached hydrogens (tertiary/aromatic N) is 1. The van der Waals surface area contributed by atoms with Gasteiger partial charge in [0.15, 0.2) is 5.43 Å². The first-order valence-corrected chi connectivity index (χ1v) is 5.55. The van der Waals surface area contributed by atoms with E-state index in [9.17, 15) is 4.79 Å². The molecule has 0 N–H and O–H groups in total. The number of piperidine rings is 1. The average molecular weight is 203 g/mol. The number of hydrogen-bond donors (Lipinski definition) is 0. The van der Waals surface area contributed by atoms with Crippen LogP contribution in [0.4, 0.5) is 0 Å². The van der Waals surface area contributed by atoms with Crippen LogP contribution in [0.25, 0.3) is 0 Å². The highest BCUT2D eigenvalue weighted by molar-refractivity contribution is 5.19. The minimum atomic E-state index is 0.189. The van der Waals surface area contributed by atoms with Crippen LogP contribution >= 0.6 is 0 Å². The maximum Gasteiger partial charge on any atom is 0.182 e. The summed E-state index contributed by atoms with van der Waals surface area (Å²) in [5.41, 5.74) is 1.18. The smallest absolute Gasteiger partial charge is 0.182 e. The molecule has 1 aromatic rings. The predicted octanol–water partition coefficient (Wildman–Crippen LogP) is 1.86. The molecule has 0 saturated carbocycles. The van der Waals surface area contributed by atoms with Gasteiger partial charge in [0.1, 0.15) is 0 Å². The van der Waals surface area contributed by atoms with E-state index < -0.39 is 0 Å². The van der Waals surface area contributed by atoms with Crippen LogP contribution in [-0.2, 0) is 0 Å². The van der Waals surface area contributed by atoms with Crippen molar-refractivity contribution in [2.24, 2.45) is 0 Å². The Bertz CT molecular complexity index is 380. The molecule has 2 nitrogen and oxygen atoms in total. The molecule has 0 spiro atoms. The SMILES string of the molecule is CN1CCC(c2cccccc2=O)CC1. The van der Waals surface area contributed by atoms with Crippen molar-refractivity contribution in [2.75, 3.05) is 20.1 Å². The van der Waals surface area contributed by atoms with E-state index in [1.54, 1.807) is 6.07 Å². The second-order valence-electron chi connectivity index (χ2n) is 4.31. The molecule has 0 amide bonds. The van der Waals surface area contributed by atoms with E-state index in [1.165, 1.54) is 0 Å². The molecule has 0 aliphatic carbocycles. The monoisotopic (exact) mass is 203 g/mol. The lowest BCUT2D eigenvalue weighted by atomic mass is 9.90. The summed E-state index contributed by atoms with van der Waals surface area (Å²) in [6.45, 7) is 2.20. The zero-order valence-electron chi connectivity index (χ0n) is 9.15. The molecule has 1 aliphatic heterocycles. The van der Waals surface area contributed by atoms with Crippen LogP contribution in [0.15, 0.2) is 35.1 Å². The van der Waals surface area contributed by atoms with Gasteiger partial charge in [-0.25, -0.2) is 0 Å². The molecule has 2 rings (SSSR count). The minimum absolute atomic E-state index is 0.189. The van der Waals surface area contributed by atoms with Gasteiger partial charge < -0.3 is 4.90 Å². The molecule has 0 bridgehead atoms. The fourth-order valence-corrected chi connectivity index (χ4v) is 2.20. The van der Waals surface area contributed by atoms with Gasteiger partial charge in [-0.15, -0.1) is 0 Å². The zero-order valence-corrected chi connectivity index (χ0v) is 9.15. The second kappa shape index (κ2) is 4.58. The Labute approximate surface area is 90.5 Å². The summed E-state index contributed by atoms with van der Waals surface area (Å²) in [7, 11) is 2.14. The summed E-state index contributed by atoms with van der Waals surface area (Å²) in [6.07, 6.45) is 2.21. The predicted molar refractivity (Wildman–Crippen MR) is 62.2 cm³/mol. The van der Waals surface area contributed by atoms with Gasteiger partial charge in [0.2, 0.25) is 0 Å². The lowest BCUT2D eigenvalue weighted by Gasteiger charge is -2.28. The van der Waals surface area contributed by atoms with Gasteiger partial charge in [0.25, 0.3) is 0 Å². The van der Waals surface area contributed by atoms with Crippen molar-refractivity contribution in [3.8, 4) is 0 Å². The van der Waals surface area contributed by atoms with Crippen LogP contribution in [0.5, 0.6) is 0 Å². The molecule has 2 heteroatoms. The number of rotatable bonds is 1. The number of hydrogen-bond acceptors (Lipinski definition) is 2. The highest BCUT2D eigenvalue weighted by Gasteiger charge is 2.19. The lowest BCUT2D eigenvalue weighted by Crippen LogP contribution is -2.30. The van der Waals surface area contributed by atoms with E-state index in [1.807, 2.05) is 24.3 Å². The third-order valence-corrected chi connectivity index (χ3v) is 3.19. The Morgan fingerprint density at radius 3 is 2.53 bits per heavy atom. The quantitative estimate of drug-likeness (QED) is 0.694. The Kier molecular flexibility index (Phi) is 3.17. The normalized spacial score (nSPS) is 19.0. The van der Waals surface area contributed by atoms with Crippen LogP contribution < -0.4 is 5.43 Å². The molecule has 0 atom stereocenters. The number of likely N-dealkylation sites (tertiary alicyclic amines) is 1. The summed E-state index contributed by atoms with van der Waals surface area (Å²) in [4.78, 5) is 14.1. The molecule has 0 radical (unpaired) electrons. The van der Waals surface area contributed by atoms with Crippen molar-refractivity contribution in [3.63, 3.8) is 0 Å². The van der Waals surface area contributed by atoms with E-state index in [-0.39, 0.29) is 5.43 Å². The maximum absolute atomic E-state index is 11.8. The molecular weight excluding hydrogens is 186 g/mol. The third-order valence-electron chi connectivity index (χ3n) is 3.19. The van der Waals surface area contributed by atoms with E-state index >= 15 is 0 Å². The molecule has 1 aliphatic rings. The highest BCUT2D eigenvalue weighted by atomic mass is 16.1. The third kappa shape index (κ3) is 2.45. The van der Waals surface area contributed by atoms with Crippen molar-refractivity contribution >= 4 is 0 Å². The molecule has 0 aromatic heterocycles. The van der Waals surface area contributed by atoms with Crippen LogP contribution in [0.1, 0.15) is 24.3 Å². The van der Waals surface area contributed by atoms with Gasteiger partial charge in [-0.3, -0.25) is 4.79 Å². The summed E-state index contributed by atoms with van der Waals surface area (Å²) < 4.78 is 0. The van der Waals surface area contributed by atoms with E-state index in [0.717, 1.165) is 31.5 Å². The highest BCUT2D eigenvalue weighted by Crippen LogP contribution is 2.24. The molecule has 1 heterocycles. The van der Waals surface area contributed by atoms with Crippen molar-refractivity contribution in [3.05, 3.63) is 46.1 Å². The zero-order chi connectivity index (χ0) is 10.7. The van der Waals surface area contributed by atoms with Gasteiger partial charge in [0, 0.05) is 5.56 Å². The van der Waals surface area contributed by atoms with Gasteiger partial charge >= 0.3 is 0 Å². The Hall–Kier alpha value is -1.15. The molecule has 15 heavy (non-hydrogen) atoms. The molecule has 1 aromatic carbocycles. The fraction of sp³-hybridized carbons (Fsp3) is 0.462. The van der Waals surface area contributed by atoms with Crippen LogP contribution in [0.2, 0.25) is 0 Å². The van der Waals surface area contributed by atoms with Gasteiger partial charge in [0.05, 0.1) is 0 Å². The summed E-state index contributed by atoms with van der Waals surface area (Å²) in [5, 5.41) is 0. The summed E-state index contributed by atoms with van der Waals surface area (Å²) in [5.74, 6) is 0.459. The Morgan fingerprint density at radius 1 is 1.13 bits per heavy atom. The second-order valence-corrected chi connectivity index (χ2v) is 4.31. The first-order chi connectivity index (χ1) is 7.27. The summed E-state index contributed by atoms with van der Waals surface area (Å²) in [6, 6.07) is 9.36. The lowest BCUT2D eigenvalue weighted by molar-refractivity contribution is 0.255. The Morgan fingerprint density at radius 2 is 1.80 bits per heavy atom. The van der Waals surface area contributed by atoms with Gasteiger partial charge in [-0.05, 0) is 45.0 Å². The topological polar surface area (TPSA) is 20.3 Å². The largest absolute Gasteiger partial charge is 0.306 e. The van der Waals surface area contributed by atoms with Crippen molar-refractivity contribution in [1.82, 2.24) is 4.90 Å². The fourth-order valence-electron chi connectivity index (χ4n) is 2.20. The summed E-state index contributed by atoms with van der Waals surface area (Å²) >= 11 is 0. The average Bonchev–Trinajstić information content (AvgIpc) is 2.44. The maximum atomic E-state index is 11.8. The van der Waals surface area contributed by atoms with Crippen molar-refractivity contribution < 1.29 is 0 Å². The van der Waals surface area contributed by atoms with Crippen LogP contribution in [-0.4, -0.2) is 25.0 Å². The first kappa shape index (κ1) is 10.4. The van der Waals surface area contributed by atoms with Gasteiger partial charge in [-0.1, -0.05) is 24.3 Å². The van der Waals surface area contributed by atoms with E-state index in [0.29, 0.717) is 5.92 Å². The molecular formula is C13H17NO. The van der Waals surface area contributed by atoms with Gasteiger partial charge in [-0.2, -0.15) is 0 Å².